The fraction of sp³-hybridized carbons (Fsp3) is 0.263. The number of fused-ring (bicyclic) bond motifs is 1. The summed E-state index contributed by atoms with van der Waals surface area (Å²) in [4.78, 5) is 26.3. The summed E-state index contributed by atoms with van der Waals surface area (Å²) in [5.74, 6) is -1.21. The molecule has 142 valence electrons. The first kappa shape index (κ1) is 19.1. The van der Waals surface area contributed by atoms with E-state index in [1.54, 1.807) is 12.1 Å². The van der Waals surface area contributed by atoms with E-state index in [-0.39, 0.29) is 11.4 Å². The summed E-state index contributed by atoms with van der Waals surface area (Å²) in [6.07, 6.45) is 2.20. The molecule has 0 aliphatic carbocycles. The van der Waals surface area contributed by atoms with Crippen LogP contribution in [0.15, 0.2) is 53.4 Å². The minimum atomic E-state index is -3.72. The lowest BCUT2D eigenvalue weighted by molar-refractivity contribution is -0.137. The molecule has 0 fully saturated rings. The molecule has 0 radical (unpaired) electrons. The van der Waals surface area contributed by atoms with Crippen molar-refractivity contribution < 1.29 is 18.0 Å². The van der Waals surface area contributed by atoms with Gasteiger partial charge in [0.2, 0.25) is 10.0 Å². The number of sulfonamides is 1. The Bertz CT molecular complexity index is 955. The largest absolute Gasteiger partial charge is 0.347 e. The molecule has 0 bridgehead atoms. The summed E-state index contributed by atoms with van der Waals surface area (Å²) in [7, 11) is -3.72. The number of hydrogen-bond acceptors (Lipinski definition) is 4. The quantitative estimate of drug-likeness (QED) is 0.762. The lowest BCUT2D eigenvalue weighted by Crippen LogP contribution is -2.45. The molecule has 0 saturated heterocycles. The van der Waals surface area contributed by atoms with Gasteiger partial charge in [-0.1, -0.05) is 30.3 Å². The first-order valence-electron chi connectivity index (χ1n) is 8.65. The molecule has 8 heteroatoms. The van der Waals surface area contributed by atoms with Gasteiger partial charge in [-0.3, -0.25) is 9.59 Å². The molecule has 0 unspecified atom stereocenters. The molecule has 3 rings (SSSR count). The number of carbonyl (C=O) groups excluding carboxylic acids is 2. The molecule has 1 aliphatic rings. The molecule has 1 aliphatic heterocycles. The molecule has 1 heterocycles. The Morgan fingerprint density at radius 1 is 1.07 bits per heavy atom. The SMILES string of the molecule is NS(=O)(=O)c1ccc(CCNC(=O)C(=O)N2CCCc3ccccc32)cc1. The van der Waals surface area contributed by atoms with Gasteiger partial charge < -0.3 is 10.2 Å². The number of nitrogens with zero attached hydrogens (tertiary/aromatic N) is 1. The van der Waals surface area contributed by atoms with E-state index in [9.17, 15) is 18.0 Å². The third-order valence-corrected chi connectivity index (χ3v) is 5.43. The van der Waals surface area contributed by atoms with Crippen LogP contribution in [0.5, 0.6) is 0 Å². The Morgan fingerprint density at radius 3 is 2.48 bits per heavy atom. The number of nitrogens with one attached hydrogen (secondary N) is 1. The monoisotopic (exact) mass is 387 g/mol. The van der Waals surface area contributed by atoms with Gasteiger partial charge in [-0.15, -0.1) is 0 Å². The van der Waals surface area contributed by atoms with Crippen molar-refractivity contribution in [3.63, 3.8) is 0 Å². The summed E-state index contributed by atoms with van der Waals surface area (Å²) >= 11 is 0. The van der Waals surface area contributed by atoms with Crippen LogP contribution in [0, 0.1) is 0 Å². The second-order valence-electron chi connectivity index (χ2n) is 6.38. The molecule has 3 N–H and O–H groups in total. The van der Waals surface area contributed by atoms with Gasteiger partial charge in [0.1, 0.15) is 0 Å². The van der Waals surface area contributed by atoms with Crippen molar-refractivity contribution >= 4 is 27.5 Å². The van der Waals surface area contributed by atoms with Crippen molar-refractivity contribution in [2.24, 2.45) is 5.14 Å². The van der Waals surface area contributed by atoms with Crippen LogP contribution in [0.25, 0.3) is 0 Å². The van der Waals surface area contributed by atoms with Gasteiger partial charge in [0.05, 0.1) is 4.90 Å². The number of aryl methyl sites for hydroxylation is 1. The van der Waals surface area contributed by atoms with Crippen LogP contribution in [0.1, 0.15) is 17.5 Å². The Labute approximate surface area is 158 Å². The smallest absolute Gasteiger partial charge is 0.316 e. The highest BCUT2D eigenvalue weighted by molar-refractivity contribution is 7.89. The maximum Gasteiger partial charge on any atom is 0.316 e. The first-order valence-corrected chi connectivity index (χ1v) is 10.2. The third kappa shape index (κ3) is 4.53. The Hall–Kier alpha value is -2.71. The Morgan fingerprint density at radius 2 is 1.78 bits per heavy atom. The van der Waals surface area contributed by atoms with E-state index in [0.29, 0.717) is 13.0 Å². The van der Waals surface area contributed by atoms with E-state index < -0.39 is 21.8 Å². The summed E-state index contributed by atoms with van der Waals surface area (Å²) in [5, 5.41) is 7.69. The average Bonchev–Trinajstić information content (AvgIpc) is 2.66. The van der Waals surface area contributed by atoms with Crippen molar-refractivity contribution in [1.82, 2.24) is 5.32 Å². The molecule has 7 nitrogen and oxygen atoms in total. The van der Waals surface area contributed by atoms with Gasteiger partial charge in [-0.05, 0) is 48.6 Å². The van der Waals surface area contributed by atoms with E-state index in [2.05, 4.69) is 5.32 Å². The second kappa shape index (κ2) is 7.89. The molecule has 0 spiro atoms. The molecule has 0 aromatic heterocycles. The number of hydrogen-bond donors (Lipinski definition) is 2. The molecule has 2 aromatic carbocycles. The number of nitrogens with two attached hydrogens (primary N) is 1. The lowest BCUT2D eigenvalue weighted by atomic mass is 10.0. The van der Waals surface area contributed by atoms with Crippen LogP contribution in [0.2, 0.25) is 0 Å². The van der Waals surface area contributed by atoms with Gasteiger partial charge in [-0.2, -0.15) is 0 Å². The second-order valence-corrected chi connectivity index (χ2v) is 7.95. The molecule has 2 aromatic rings. The van der Waals surface area contributed by atoms with Crippen LogP contribution in [0.4, 0.5) is 5.69 Å². The van der Waals surface area contributed by atoms with E-state index in [4.69, 9.17) is 5.14 Å². The number of primary sulfonamides is 1. The van der Waals surface area contributed by atoms with E-state index in [1.165, 1.54) is 17.0 Å². The molecule has 0 atom stereocenters. The number of rotatable bonds is 4. The van der Waals surface area contributed by atoms with Crippen LogP contribution in [-0.4, -0.2) is 33.3 Å². The molecule has 2 amide bonds. The standard InChI is InChI=1S/C19H21N3O4S/c20-27(25,26)16-9-7-14(8-10-16)11-12-21-18(23)19(24)22-13-3-5-15-4-1-2-6-17(15)22/h1-2,4,6-10H,3,5,11-13H2,(H,21,23)(H2,20,25,26). The van der Waals surface area contributed by atoms with Gasteiger partial charge >= 0.3 is 11.8 Å². The third-order valence-electron chi connectivity index (χ3n) is 4.50. The van der Waals surface area contributed by atoms with Crippen molar-refractivity contribution in [1.29, 1.82) is 0 Å². The van der Waals surface area contributed by atoms with Crippen LogP contribution in [-0.2, 0) is 32.5 Å². The van der Waals surface area contributed by atoms with Crippen LogP contribution < -0.4 is 15.4 Å². The molecular weight excluding hydrogens is 366 g/mol. The van der Waals surface area contributed by atoms with Crippen LogP contribution in [0.3, 0.4) is 0 Å². The lowest BCUT2D eigenvalue weighted by Gasteiger charge is -2.28. The van der Waals surface area contributed by atoms with Crippen molar-refractivity contribution in [3.8, 4) is 0 Å². The van der Waals surface area contributed by atoms with Crippen molar-refractivity contribution in [3.05, 3.63) is 59.7 Å². The molecular formula is C19H21N3O4S. The minimum absolute atomic E-state index is 0.0363. The zero-order valence-corrected chi connectivity index (χ0v) is 15.5. The van der Waals surface area contributed by atoms with Gasteiger partial charge in [-0.25, -0.2) is 13.6 Å². The normalized spacial score (nSPS) is 13.7. The number of para-hydroxylation sites is 1. The fourth-order valence-corrected chi connectivity index (χ4v) is 3.62. The minimum Gasteiger partial charge on any atom is -0.347 e. The highest BCUT2D eigenvalue weighted by Gasteiger charge is 2.26. The molecule has 0 saturated carbocycles. The zero-order chi connectivity index (χ0) is 19.4. The van der Waals surface area contributed by atoms with Crippen molar-refractivity contribution in [2.75, 3.05) is 18.0 Å². The van der Waals surface area contributed by atoms with Gasteiger partial charge in [0.15, 0.2) is 0 Å². The Kier molecular flexibility index (Phi) is 5.57. The van der Waals surface area contributed by atoms with Crippen LogP contribution >= 0.6 is 0 Å². The predicted molar refractivity (Wildman–Crippen MR) is 102 cm³/mol. The topological polar surface area (TPSA) is 110 Å². The van der Waals surface area contributed by atoms with Crippen molar-refractivity contribution in [2.45, 2.75) is 24.2 Å². The van der Waals surface area contributed by atoms with Gasteiger partial charge in [0, 0.05) is 18.8 Å². The summed E-state index contributed by atoms with van der Waals surface area (Å²) in [5.41, 5.74) is 2.70. The average molecular weight is 387 g/mol. The number of amides is 2. The highest BCUT2D eigenvalue weighted by atomic mass is 32.2. The highest BCUT2D eigenvalue weighted by Crippen LogP contribution is 2.26. The van der Waals surface area contributed by atoms with Gasteiger partial charge in [0.25, 0.3) is 0 Å². The zero-order valence-electron chi connectivity index (χ0n) is 14.7. The van der Waals surface area contributed by atoms with E-state index >= 15 is 0 Å². The Balaban J connectivity index is 1.56. The summed E-state index contributed by atoms with van der Waals surface area (Å²) in [6, 6.07) is 13.7. The predicted octanol–water partition coefficient (Wildman–Crippen LogP) is 0.972. The maximum atomic E-state index is 12.5. The summed E-state index contributed by atoms with van der Waals surface area (Å²) < 4.78 is 22.5. The van der Waals surface area contributed by atoms with E-state index in [0.717, 1.165) is 29.7 Å². The number of benzene rings is 2. The summed E-state index contributed by atoms with van der Waals surface area (Å²) in [6.45, 7) is 0.799. The van der Waals surface area contributed by atoms with E-state index in [1.807, 2.05) is 24.3 Å². The molecule has 27 heavy (non-hydrogen) atoms. The fourth-order valence-electron chi connectivity index (χ4n) is 3.11. The number of anilines is 1. The first-order chi connectivity index (χ1) is 12.9. The number of carbonyl (C=O) groups is 2. The maximum absolute atomic E-state index is 12.5.